The number of para-hydroxylation sites is 1. The van der Waals surface area contributed by atoms with Gasteiger partial charge in [-0.1, -0.05) is 12.1 Å². The van der Waals surface area contributed by atoms with E-state index in [9.17, 15) is 9.59 Å². The van der Waals surface area contributed by atoms with Crippen LogP contribution in [-0.2, 0) is 4.79 Å². The lowest BCUT2D eigenvalue weighted by molar-refractivity contribution is -0.890. The zero-order valence-corrected chi connectivity index (χ0v) is 17.7. The first-order valence-electron chi connectivity index (χ1n) is 9.76. The van der Waals surface area contributed by atoms with E-state index in [0.29, 0.717) is 17.9 Å². The summed E-state index contributed by atoms with van der Waals surface area (Å²) in [5.74, 6) is 1.02. The molecule has 1 aromatic heterocycles. The fourth-order valence-electron chi connectivity index (χ4n) is 3.39. The number of hydrogen-bond donors (Lipinski definition) is 2. The van der Waals surface area contributed by atoms with Crippen LogP contribution in [0, 0.1) is 6.92 Å². The SMILES string of the molecule is COc1ccccc1[C@@H](CNC(=O)COc1ccc2c(C)cc(=O)oc2c1)[NH+](C)C. The Hall–Kier alpha value is -3.32. The molecular weight excluding hydrogens is 384 g/mol. The van der Waals surface area contributed by atoms with E-state index in [0.717, 1.165) is 22.3 Å². The highest BCUT2D eigenvalue weighted by Gasteiger charge is 2.22. The molecule has 0 aliphatic rings. The number of ether oxygens (including phenoxy) is 2. The Balaban J connectivity index is 1.62. The van der Waals surface area contributed by atoms with Crippen LogP contribution in [0.3, 0.4) is 0 Å². The predicted molar refractivity (Wildman–Crippen MR) is 114 cm³/mol. The molecule has 2 aromatic carbocycles. The molecule has 3 aromatic rings. The van der Waals surface area contributed by atoms with Gasteiger partial charge in [0.25, 0.3) is 5.91 Å². The van der Waals surface area contributed by atoms with E-state index in [-0.39, 0.29) is 18.6 Å². The van der Waals surface area contributed by atoms with Crippen LogP contribution in [0.4, 0.5) is 0 Å². The first kappa shape index (κ1) is 21.4. The molecule has 2 N–H and O–H groups in total. The largest absolute Gasteiger partial charge is 0.496 e. The van der Waals surface area contributed by atoms with Crippen LogP contribution in [-0.4, -0.2) is 40.3 Å². The van der Waals surface area contributed by atoms with Crippen molar-refractivity contribution in [2.75, 3.05) is 34.4 Å². The maximum Gasteiger partial charge on any atom is 0.336 e. The number of methoxy groups -OCH3 is 1. The second-order valence-electron chi connectivity index (χ2n) is 7.37. The third-order valence-corrected chi connectivity index (χ3v) is 5.01. The van der Waals surface area contributed by atoms with E-state index in [1.54, 1.807) is 19.2 Å². The molecule has 7 nitrogen and oxygen atoms in total. The Morgan fingerprint density at radius 1 is 1.17 bits per heavy atom. The van der Waals surface area contributed by atoms with Crippen LogP contribution in [0.2, 0.25) is 0 Å². The lowest BCUT2D eigenvalue weighted by Gasteiger charge is -2.23. The van der Waals surface area contributed by atoms with Crippen molar-refractivity contribution < 1.29 is 23.6 Å². The third kappa shape index (κ3) is 4.99. The molecule has 0 saturated carbocycles. The Labute approximate surface area is 175 Å². The zero-order valence-electron chi connectivity index (χ0n) is 17.7. The smallest absolute Gasteiger partial charge is 0.336 e. The van der Waals surface area contributed by atoms with Gasteiger partial charge in [0.15, 0.2) is 6.61 Å². The Morgan fingerprint density at radius 2 is 1.93 bits per heavy atom. The molecule has 3 rings (SSSR count). The molecule has 0 aliphatic heterocycles. The molecule has 0 radical (unpaired) electrons. The lowest BCUT2D eigenvalue weighted by Crippen LogP contribution is -3.07. The number of benzene rings is 2. The number of likely N-dealkylation sites (N-methyl/N-ethyl adjacent to an activating group) is 1. The lowest BCUT2D eigenvalue weighted by atomic mass is 10.0. The Bertz CT molecular complexity index is 1090. The van der Waals surface area contributed by atoms with Crippen molar-refractivity contribution in [2.24, 2.45) is 0 Å². The maximum absolute atomic E-state index is 12.4. The van der Waals surface area contributed by atoms with Crippen molar-refractivity contribution in [2.45, 2.75) is 13.0 Å². The van der Waals surface area contributed by atoms with Gasteiger partial charge in [-0.3, -0.25) is 4.79 Å². The van der Waals surface area contributed by atoms with Crippen LogP contribution in [0.5, 0.6) is 11.5 Å². The summed E-state index contributed by atoms with van der Waals surface area (Å²) in [6.07, 6.45) is 0. The molecule has 0 bridgehead atoms. The molecule has 1 amide bonds. The van der Waals surface area contributed by atoms with Crippen LogP contribution in [0.1, 0.15) is 17.2 Å². The van der Waals surface area contributed by atoms with E-state index in [4.69, 9.17) is 13.9 Å². The zero-order chi connectivity index (χ0) is 21.7. The van der Waals surface area contributed by atoms with E-state index >= 15 is 0 Å². The number of amides is 1. The minimum Gasteiger partial charge on any atom is -0.496 e. The summed E-state index contributed by atoms with van der Waals surface area (Å²) >= 11 is 0. The van der Waals surface area contributed by atoms with Crippen LogP contribution < -0.4 is 25.3 Å². The molecule has 1 heterocycles. The number of rotatable bonds is 8. The van der Waals surface area contributed by atoms with Crippen molar-refractivity contribution in [1.82, 2.24) is 5.32 Å². The number of quaternary nitrogens is 1. The average molecular weight is 411 g/mol. The van der Waals surface area contributed by atoms with Crippen molar-refractivity contribution in [3.05, 3.63) is 70.1 Å². The van der Waals surface area contributed by atoms with Gasteiger partial charge in [-0.25, -0.2) is 4.79 Å². The summed E-state index contributed by atoms with van der Waals surface area (Å²) in [6.45, 7) is 2.15. The first-order valence-corrected chi connectivity index (χ1v) is 9.76. The number of carbonyl (C=O) groups is 1. The minimum absolute atomic E-state index is 0.0306. The quantitative estimate of drug-likeness (QED) is 0.549. The topological polar surface area (TPSA) is 82.2 Å². The maximum atomic E-state index is 12.4. The van der Waals surface area contributed by atoms with Gasteiger partial charge >= 0.3 is 5.63 Å². The van der Waals surface area contributed by atoms with Gasteiger partial charge in [0, 0.05) is 17.5 Å². The summed E-state index contributed by atoms with van der Waals surface area (Å²) in [5.41, 5.74) is 1.88. The second-order valence-corrected chi connectivity index (χ2v) is 7.37. The summed E-state index contributed by atoms with van der Waals surface area (Å²) in [7, 11) is 5.70. The molecule has 1 atom stereocenters. The first-order chi connectivity index (χ1) is 14.4. The standard InChI is InChI=1S/C23H26N2O5/c1-15-11-23(27)30-21-12-16(9-10-17(15)21)29-14-22(26)24-13-19(25(2)3)18-7-5-6-8-20(18)28-4/h5-12,19H,13-14H2,1-4H3,(H,24,26)/p+1/t19-/m1/s1. The summed E-state index contributed by atoms with van der Waals surface area (Å²) < 4.78 is 16.3. The Kier molecular flexibility index (Phi) is 6.74. The van der Waals surface area contributed by atoms with Crippen molar-refractivity contribution in [3.63, 3.8) is 0 Å². The van der Waals surface area contributed by atoms with Gasteiger partial charge in [-0.15, -0.1) is 0 Å². The van der Waals surface area contributed by atoms with Gasteiger partial charge < -0.3 is 24.1 Å². The molecule has 0 unspecified atom stereocenters. The third-order valence-electron chi connectivity index (χ3n) is 5.01. The fraction of sp³-hybridized carbons (Fsp3) is 0.304. The van der Waals surface area contributed by atoms with Gasteiger partial charge in [0.05, 0.1) is 33.3 Å². The highest BCUT2D eigenvalue weighted by Crippen LogP contribution is 2.23. The Morgan fingerprint density at radius 3 is 2.67 bits per heavy atom. The number of hydrogen-bond acceptors (Lipinski definition) is 5. The second kappa shape index (κ2) is 9.45. The molecule has 0 spiro atoms. The number of aryl methyl sites for hydroxylation is 1. The van der Waals surface area contributed by atoms with Crippen LogP contribution in [0.25, 0.3) is 11.0 Å². The molecule has 0 aliphatic carbocycles. The number of nitrogens with one attached hydrogen (secondary N) is 2. The highest BCUT2D eigenvalue weighted by atomic mass is 16.5. The van der Waals surface area contributed by atoms with Gasteiger partial charge in [-0.2, -0.15) is 0 Å². The molecule has 0 saturated heterocycles. The summed E-state index contributed by atoms with van der Waals surface area (Å²) in [4.78, 5) is 25.1. The number of fused-ring (bicyclic) bond motifs is 1. The van der Waals surface area contributed by atoms with Crippen LogP contribution >= 0.6 is 0 Å². The van der Waals surface area contributed by atoms with Crippen molar-refractivity contribution >= 4 is 16.9 Å². The molecule has 30 heavy (non-hydrogen) atoms. The van der Waals surface area contributed by atoms with Gasteiger partial charge in [-0.05, 0) is 36.8 Å². The normalized spacial score (nSPS) is 12.0. The average Bonchev–Trinajstić information content (AvgIpc) is 2.72. The number of carbonyl (C=O) groups excluding carboxylic acids is 1. The molecule has 7 heteroatoms. The molecule has 158 valence electrons. The van der Waals surface area contributed by atoms with Gasteiger partial charge in [0.2, 0.25) is 0 Å². The molecule has 0 fully saturated rings. The molecular formula is C23H27N2O5+. The summed E-state index contributed by atoms with van der Waals surface area (Å²) in [5, 5.41) is 3.76. The van der Waals surface area contributed by atoms with Crippen LogP contribution in [0.15, 0.2) is 57.7 Å². The van der Waals surface area contributed by atoms with Crippen molar-refractivity contribution in [1.29, 1.82) is 0 Å². The van der Waals surface area contributed by atoms with Crippen molar-refractivity contribution in [3.8, 4) is 11.5 Å². The monoisotopic (exact) mass is 411 g/mol. The van der Waals surface area contributed by atoms with E-state index in [1.807, 2.05) is 51.4 Å². The highest BCUT2D eigenvalue weighted by molar-refractivity contribution is 5.81. The van der Waals surface area contributed by atoms with E-state index in [1.165, 1.54) is 11.0 Å². The fourth-order valence-corrected chi connectivity index (χ4v) is 3.39. The van der Waals surface area contributed by atoms with E-state index < -0.39 is 5.63 Å². The predicted octanol–water partition coefficient (Wildman–Crippen LogP) is 1.49. The summed E-state index contributed by atoms with van der Waals surface area (Å²) in [6, 6.07) is 14.5. The minimum atomic E-state index is -0.413. The van der Waals surface area contributed by atoms with Gasteiger partial charge in [0.1, 0.15) is 23.1 Å². The van der Waals surface area contributed by atoms with E-state index in [2.05, 4.69) is 5.32 Å².